The molecule has 6 heteroatoms. The Morgan fingerprint density at radius 3 is 2.64 bits per heavy atom. The molecule has 1 N–H and O–H groups in total. The number of carbonyl (C=O) groups is 1. The van der Waals surface area contributed by atoms with E-state index >= 15 is 0 Å². The largest absolute Gasteiger partial charge is 0.321 e. The van der Waals surface area contributed by atoms with Gasteiger partial charge in [-0.15, -0.1) is 0 Å². The fourth-order valence-electron chi connectivity index (χ4n) is 3.13. The summed E-state index contributed by atoms with van der Waals surface area (Å²) in [6.07, 6.45) is 1.75. The van der Waals surface area contributed by atoms with Crippen LogP contribution >= 0.6 is 0 Å². The minimum absolute atomic E-state index is 0.288. The second-order valence-electron chi connectivity index (χ2n) is 6.45. The molecule has 0 radical (unpaired) electrons. The summed E-state index contributed by atoms with van der Waals surface area (Å²) in [6.45, 7) is 1.96. The quantitative estimate of drug-likeness (QED) is 0.592. The van der Waals surface area contributed by atoms with E-state index in [9.17, 15) is 10.1 Å². The van der Waals surface area contributed by atoms with Crippen molar-refractivity contribution in [3.05, 3.63) is 77.6 Å². The van der Waals surface area contributed by atoms with Crippen LogP contribution < -0.4 is 5.32 Å². The molecule has 2 aromatic carbocycles. The van der Waals surface area contributed by atoms with Crippen LogP contribution in [0.4, 0.5) is 5.69 Å². The van der Waals surface area contributed by atoms with E-state index in [0.717, 1.165) is 22.2 Å². The molecule has 2 heterocycles. The highest BCUT2D eigenvalue weighted by Crippen LogP contribution is 2.27. The average molecular weight is 367 g/mol. The van der Waals surface area contributed by atoms with Gasteiger partial charge in [0.2, 0.25) is 0 Å². The monoisotopic (exact) mass is 367 g/mol. The van der Waals surface area contributed by atoms with Gasteiger partial charge in [0.25, 0.3) is 5.91 Å². The molecule has 0 saturated carbocycles. The van der Waals surface area contributed by atoms with Gasteiger partial charge in [-0.2, -0.15) is 10.4 Å². The second-order valence-corrected chi connectivity index (χ2v) is 6.45. The third-order valence-corrected chi connectivity index (χ3v) is 4.77. The molecule has 0 aliphatic carbocycles. The lowest BCUT2D eigenvalue weighted by Gasteiger charge is -2.11. The van der Waals surface area contributed by atoms with Gasteiger partial charge in [0.15, 0.2) is 0 Å². The lowest BCUT2D eigenvalue weighted by molar-refractivity contribution is 0.102. The van der Waals surface area contributed by atoms with Crippen LogP contribution in [0, 0.1) is 18.3 Å². The van der Waals surface area contributed by atoms with E-state index in [1.165, 1.54) is 0 Å². The molecule has 0 unspecified atom stereocenters. The van der Waals surface area contributed by atoms with Gasteiger partial charge < -0.3 is 5.32 Å². The lowest BCUT2D eigenvalue weighted by Crippen LogP contribution is -2.14. The second kappa shape index (κ2) is 6.97. The maximum absolute atomic E-state index is 13.1. The van der Waals surface area contributed by atoms with Crippen molar-refractivity contribution in [2.24, 2.45) is 7.05 Å². The molecular weight excluding hydrogens is 350 g/mol. The SMILES string of the molecule is Cc1c(-c2cc(C(=O)Nc3ccccc3C#N)c3ccccc3n2)cnn1C. The van der Waals surface area contributed by atoms with Crippen LogP contribution in [-0.4, -0.2) is 20.7 Å². The van der Waals surface area contributed by atoms with Crippen molar-refractivity contribution in [3.63, 3.8) is 0 Å². The molecule has 0 fully saturated rings. The maximum atomic E-state index is 13.1. The summed E-state index contributed by atoms with van der Waals surface area (Å²) >= 11 is 0. The van der Waals surface area contributed by atoms with Crippen LogP contribution in [0.3, 0.4) is 0 Å². The minimum Gasteiger partial charge on any atom is -0.321 e. The Labute approximate surface area is 162 Å². The van der Waals surface area contributed by atoms with Crippen molar-refractivity contribution in [1.82, 2.24) is 14.8 Å². The topological polar surface area (TPSA) is 83.6 Å². The molecule has 6 nitrogen and oxygen atoms in total. The first-order valence-electron chi connectivity index (χ1n) is 8.77. The molecule has 0 aliphatic rings. The normalized spacial score (nSPS) is 10.6. The van der Waals surface area contributed by atoms with Crippen LogP contribution in [0.25, 0.3) is 22.2 Å². The van der Waals surface area contributed by atoms with Crippen molar-refractivity contribution < 1.29 is 4.79 Å². The maximum Gasteiger partial charge on any atom is 0.256 e. The van der Waals surface area contributed by atoms with Gasteiger partial charge >= 0.3 is 0 Å². The number of aryl methyl sites for hydroxylation is 1. The number of amides is 1. The van der Waals surface area contributed by atoms with E-state index in [1.807, 2.05) is 38.2 Å². The van der Waals surface area contributed by atoms with Gasteiger partial charge in [-0.25, -0.2) is 4.98 Å². The molecule has 0 spiro atoms. The predicted molar refractivity (Wildman–Crippen MR) is 108 cm³/mol. The summed E-state index contributed by atoms with van der Waals surface area (Å²) in [5.41, 5.74) is 4.64. The van der Waals surface area contributed by atoms with Crippen molar-refractivity contribution in [1.29, 1.82) is 5.26 Å². The van der Waals surface area contributed by atoms with Crippen LogP contribution in [0.15, 0.2) is 60.8 Å². The lowest BCUT2D eigenvalue weighted by atomic mass is 10.0. The van der Waals surface area contributed by atoms with Crippen molar-refractivity contribution in [3.8, 4) is 17.3 Å². The number of nitrogens with zero attached hydrogens (tertiary/aromatic N) is 4. The van der Waals surface area contributed by atoms with Gasteiger partial charge in [0.1, 0.15) is 6.07 Å². The molecule has 0 aliphatic heterocycles. The van der Waals surface area contributed by atoms with Crippen LogP contribution in [0.5, 0.6) is 0 Å². The smallest absolute Gasteiger partial charge is 0.256 e. The van der Waals surface area contributed by atoms with E-state index in [-0.39, 0.29) is 5.91 Å². The number of nitrogens with one attached hydrogen (secondary N) is 1. The van der Waals surface area contributed by atoms with Crippen molar-refractivity contribution in [2.75, 3.05) is 5.32 Å². The first-order chi connectivity index (χ1) is 13.6. The first-order valence-corrected chi connectivity index (χ1v) is 8.77. The highest BCUT2D eigenvalue weighted by Gasteiger charge is 2.17. The Bertz CT molecular complexity index is 1250. The number of rotatable bonds is 3. The van der Waals surface area contributed by atoms with Crippen molar-refractivity contribution >= 4 is 22.5 Å². The summed E-state index contributed by atoms with van der Waals surface area (Å²) in [4.78, 5) is 17.8. The number of anilines is 1. The number of aromatic nitrogens is 3. The van der Waals surface area contributed by atoms with E-state index in [4.69, 9.17) is 4.98 Å². The number of fused-ring (bicyclic) bond motifs is 1. The Kier molecular flexibility index (Phi) is 4.34. The number of nitriles is 1. The molecule has 0 atom stereocenters. The third-order valence-electron chi connectivity index (χ3n) is 4.77. The fourth-order valence-corrected chi connectivity index (χ4v) is 3.13. The molecule has 0 bridgehead atoms. The van der Waals surface area contributed by atoms with E-state index in [1.54, 1.807) is 41.2 Å². The highest BCUT2D eigenvalue weighted by molar-refractivity contribution is 6.13. The number of para-hydroxylation sites is 2. The zero-order valence-corrected chi connectivity index (χ0v) is 15.5. The molecule has 1 amide bonds. The van der Waals surface area contributed by atoms with Gasteiger partial charge in [-0.1, -0.05) is 30.3 Å². The Balaban J connectivity index is 1.85. The number of benzene rings is 2. The fraction of sp³-hybridized carbons (Fsp3) is 0.0909. The molecule has 136 valence electrons. The molecule has 0 saturated heterocycles. The molecule has 4 rings (SSSR count). The van der Waals surface area contributed by atoms with Crippen molar-refractivity contribution in [2.45, 2.75) is 6.92 Å². The molecule has 2 aromatic heterocycles. The standard InChI is InChI=1S/C22H17N5O/c1-14-18(13-24-27(14)2)21-11-17(16-8-4-6-10-20(16)25-21)22(28)26-19-9-5-3-7-15(19)12-23/h3-11,13H,1-2H3,(H,26,28). The summed E-state index contributed by atoms with van der Waals surface area (Å²) in [6, 6.07) is 18.3. The number of carbonyl (C=O) groups excluding carboxylic acids is 1. The summed E-state index contributed by atoms with van der Waals surface area (Å²) in [5, 5.41) is 17.2. The zero-order valence-electron chi connectivity index (χ0n) is 15.5. The van der Waals surface area contributed by atoms with Crippen LogP contribution in [0.1, 0.15) is 21.6 Å². The Hall–Kier alpha value is -3.98. The van der Waals surface area contributed by atoms with Crippen LogP contribution in [-0.2, 0) is 7.05 Å². The number of hydrogen-bond donors (Lipinski definition) is 1. The Morgan fingerprint density at radius 2 is 1.89 bits per heavy atom. The molecular formula is C22H17N5O. The van der Waals surface area contributed by atoms with Gasteiger partial charge in [0.05, 0.1) is 34.2 Å². The highest BCUT2D eigenvalue weighted by atomic mass is 16.1. The van der Waals surface area contributed by atoms with Gasteiger partial charge in [0, 0.05) is 23.7 Å². The average Bonchev–Trinajstić information content (AvgIpc) is 3.06. The zero-order chi connectivity index (χ0) is 19.7. The number of hydrogen-bond acceptors (Lipinski definition) is 4. The molecule has 4 aromatic rings. The molecule has 28 heavy (non-hydrogen) atoms. The Morgan fingerprint density at radius 1 is 1.14 bits per heavy atom. The van der Waals surface area contributed by atoms with Crippen LogP contribution in [0.2, 0.25) is 0 Å². The summed E-state index contributed by atoms with van der Waals surface area (Å²) in [7, 11) is 1.87. The van der Waals surface area contributed by atoms with E-state index in [2.05, 4.69) is 16.5 Å². The summed E-state index contributed by atoms with van der Waals surface area (Å²) < 4.78 is 1.77. The number of pyridine rings is 1. The third kappa shape index (κ3) is 2.99. The van der Waals surface area contributed by atoms with E-state index in [0.29, 0.717) is 22.5 Å². The minimum atomic E-state index is -0.288. The van der Waals surface area contributed by atoms with Gasteiger partial charge in [-0.05, 0) is 31.2 Å². The predicted octanol–water partition coefficient (Wildman–Crippen LogP) is 4.07. The van der Waals surface area contributed by atoms with Gasteiger partial charge in [-0.3, -0.25) is 9.48 Å². The first kappa shape index (κ1) is 17.4. The summed E-state index contributed by atoms with van der Waals surface area (Å²) in [5.74, 6) is -0.288. The van der Waals surface area contributed by atoms with E-state index < -0.39 is 0 Å².